The molecule has 0 spiro atoms. The summed E-state index contributed by atoms with van der Waals surface area (Å²) in [6.45, 7) is 2.17. The van der Waals surface area contributed by atoms with Crippen molar-refractivity contribution in [2.24, 2.45) is 0 Å². The van der Waals surface area contributed by atoms with Gasteiger partial charge < -0.3 is 4.74 Å². The lowest BCUT2D eigenvalue weighted by Gasteiger charge is -2.03. The standard InChI is InChI=1S/C16H22O2/c1-3-4-5-6-10-15(17)13-12-14-9-7-8-11-16(14)18-2/h7-9,11-13H,3-6,10H2,1-2H3/b13-12+. The van der Waals surface area contributed by atoms with E-state index in [1.165, 1.54) is 12.8 Å². The highest BCUT2D eigenvalue weighted by molar-refractivity contribution is 5.93. The maximum atomic E-state index is 11.7. The van der Waals surface area contributed by atoms with E-state index in [4.69, 9.17) is 4.74 Å². The lowest BCUT2D eigenvalue weighted by molar-refractivity contribution is -0.114. The van der Waals surface area contributed by atoms with Crippen LogP contribution in [0.2, 0.25) is 0 Å². The number of benzene rings is 1. The summed E-state index contributed by atoms with van der Waals surface area (Å²) in [5.41, 5.74) is 0.946. The smallest absolute Gasteiger partial charge is 0.155 e. The minimum absolute atomic E-state index is 0.192. The molecule has 1 aromatic rings. The number of carbonyl (C=O) groups is 1. The first-order valence-electron chi connectivity index (χ1n) is 6.62. The van der Waals surface area contributed by atoms with E-state index in [0.717, 1.165) is 24.2 Å². The van der Waals surface area contributed by atoms with Crippen molar-refractivity contribution in [1.82, 2.24) is 0 Å². The molecule has 0 N–H and O–H groups in total. The van der Waals surface area contributed by atoms with Crippen LogP contribution < -0.4 is 4.74 Å². The van der Waals surface area contributed by atoms with Gasteiger partial charge in [0.15, 0.2) is 5.78 Å². The molecule has 0 aliphatic heterocycles. The monoisotopic (exact) mass is 246 g/mol. The first-order chi connectivity index (χ1) is 8.77. The van der Waals surface area contributed by atoms with Crippen LogP contribution in [-0.4, -0.2) is 12.9 Å². The maximum absolute atomic E-state index is 11.7. The van der Waals surface area contributed by atoms with Crippen molar-refractivity contribution in [2.75, 3.05) is 7.11 Å². The fraction of sp³-hybridized carbons (Fsp3) is 0.438. The molecule has 0 amide bonds. The molecule has 0 fully saturated rings. The van der Waals surface area contributed by atoms with Crippen molar-refractivity contribution in [2.45, 2.75) is 39.0 Å². The van der Waals surface area contributed by atoms with Crippen molar-refractivity contribution in [3.63, 3.8) is 0 Å². The zero-order valence-electron chi connectivity index (χ0n) is 11.3. The van der Waals surface area contributed by atoms with E-state index in [2.05, 4.69) is 6.92 Å². The van der Waals surface area contributed by atoms with Gasteiger partial charge in [0.25, 0.3) is 0 Å². The van der Waals surface area contributed by atoms with Gasteiger partial charge in [0.1, 0.15) is 5.75 Å². The topological polar surface area (TPSA) is 26.3 Å². The summed E-state index contributed by atoms with van der Waals surface area (Å²) in [6.07, 6.45) is 8.68. The van der Waals surface area contributed by atoms with Gasteiger partial charge in [-0.25, -0.2) is 0 Å². The van der Waals surface area contributed by atoms with Crippen molar-refractivity contribution < 1.29 is 9.53 Å². The Morgan fingerprint density at radius 1 is 1.22 bits per heavy atom. The third kappa shape index (κ3) is 5.17. The molecule has 0 radical (unpaired) electrons. The Balaban J connectivity index is 2.45. The molecule has 2 heteroatoms. The number of unbranched alkanes of at least 4 members (excludes halogenated alkanes) is 3. The lowest BCUT2D eigenvalue weighted by Crippen LogP contribution is -1.92. The molecular formula is C16H22O2. The number of rotatable bonds is 8. The minimum atomic E-state index is 0.192. The molecule has 0 unspecified atom stereocenters. The van der Waals surface area contributed by atoms with E-state index in [1.54, 1.807) is 13.2 Å². The van der Waals surface area contributed by atoms with Crippen LogP contribution in [0, 0.1) is 0 Å². The van der Waals surface area contributed by atoms with Crippen molar-refractivity contribution in [3.8, 4) is 5.75 Å². The van der Waals surface area contributed by atoms with Gasteiger partial charge in [0, 0.05) is 12.0 Å². The van der Waals surface area contributed by atoms with Gasteiger partial charge >= 0.3 is 0 Å². The van der Waals surface area contributed by atoms with E-state index in [-0.39, 0.29) is 5.78 Å². The molecule has 0 saturated carbocycles. The van der Waals surface area contributed by atoms with E-state index < -0.39 is 0 Å². The van der Waals surface area contributed by atoms with E-state index in [9.17, 15) is 4.79 Å². The number of hydrogen-bond donors (Lipinski definition) is 0. The third-order valence-corrected chi connectivity index (χ3v) is 2.86. The van der Waals surface area contributed by atoms with Crippen LogP contribution in [0.1, 0.15) is 44.6 Å². The minimum Gasteiger partial charge on any atom is -0.496 e. The number of hydrogen-bond acceptors (Lipinski definition) is 2. The second-order valence-electron chi connectivity index (χ2n) is 4.35. The molecule has 0 saturated heterocycles. The molecular weight excluding hydrogens is 224 g/mol. The Labute approximate surface area is 110 Å². The zero-order valence-corrected chi connectivity index (χ0v) is 11.3. The van der Waals surface area contributed by atoms with Crippen molar-refractivity contribution in [1.29, 1.82) is 0 Å². The van der Waals surface area contributed by atoms with Crippen molar-refractivity contribution in [3.05, 3.63) is 35.9 Å². The first-order valence-corrected chi connectivity index (χ1v) is 6.62. The molecule has 1 aromatic carbocycles. The highest BCUT2D eigenvalue weighted by Crippen LogP contribution is 2.18. The number of carbonyl (C=O) groups excluding carboxylic acids is 1. The van der Waals surface area contributed by atoms with Gasteiger partial charge in [-0.15, -0.1) is 0 Å². The molecule has 18 heavy (non-hydrogen) atoms. The first kappa shape index (κ1) is 14.5. The average molecular weight is 246 g/mol. The number of allylic oxidation sites excluding steroid dienone is 1. The van der Waals surface area contributed by atoms with Crippen molar-refractivity contribution >= 4 is 11.9 Å². The second kappa shape index (κ2) is 8.51. The summed E-state index contributed by atoms with van der Waals surface area (Å²) in [4.78, 5) is 11.7. The zero-order chi connectivity index (χ0) is 13.2. The lowest BCUT2D eigenvalue weighted by atomic mass is 10.1. The highest BCUT2D eigenvalue weighted by atomic mass is 16.5. The Hall–Kier alpha value is -1.57. The van der Waals surface area contributed by atoms with Crippen LogP contribution in [0.5, 0.6) is 5.75 Å². The number of ether oxygens (including phenoxy) is 1. The summed E-state index contributed by atoms with van der Waals surface area (Å²) >= 11 is 0. The summed E-state index contributed by atoms with van der Waals surface area (Å²) in [5.74, 6) is 0.990. The number of ketones is 1. The normalized spacial score (nSPS) is 10.8. The Kier molecular flexibility index (Phi) is 6.85. The molecule has 0 bridgehead atoms. The van der Waals surface area contributed by atoms with E-state index in [1.807, 2.05) is 30.3 Å². The van der Waals surface area contributed by atoms with Gasteiger partial charge in [-0.1, -0.05) is 44.4 Å². The molecule has 0 atom stereocenters. The highest BCUT2D eigenvalue weighted by Gasteiger charge is 1.99. The second-order valence-corrected chi connectivity index (χ2v) is 4.35. The largest absolute Gasteiger partial charge is 0.496 e. The predicted octanol–water partition coefficient (Wildman–Crippen LogP) is 4.25. The van der Waals surface area contributed by atoms with Gasteiger partial charge in [-0.05, 0) is 24.6 Å². The number of para-hydroxylation sites is 1. The van der Waals surface area contributed by atoms with E-state index in [0.29, 0.717) is 6.42 Å². The maximum Gasteiger partial charge on any atom is 0.155 e. The van der Waals surface area contributed by atoms with Crippen LogP contribution >= 0.6 is 0 Å². The van der Waals surface area contributed by atoms with Crippen LogP contribution in [0.25, 0.3) is 6.08 Å². The molecule has 0 heterocycles. The summed E-state index contributed by atoms with van der Waals surface area (Å²) in [5, 5.41) is 0. The van der Waals surface area contributed by atoms with Gasteiger partial charge in [-0.3, -0.25) is 4.79 Å². The average Bonchev–Trinajstić information content (AvgIpc) is 2.41. The third-order valence-electron chi connectivity index (χ3n) is 2.86. The molecule has 0 aliphatic rings. The van der Waals surface area contributed by atoms with Crippen LogP contribution in [0.15, 0.2) is 30.3 Å². The fourth-order valence-corrected chi connectivity index (χ4v) is 1.80. The Morgan fingerprint density at radius 3 is 2.72 bits per heavy atom. The Bertz CT molecular complexity index is 394. The quantitative estimate of drug-likeness (QED) is 0.506. The number of methoxy groups -OCH3 is 1. The molecule has 0 aromatic heterocycles. The van der Waals surface area contributed by atoms with Gasteiger partial charge in [-0.2, -0.15) is 0 Å². The predicted molar refractivity (Wildman–Crippen MR) is 75.8 cm³/mol. The van der Waals surface area contributed by atoms with E-state index >= 15 is 0 Å². The van der Waals surface area contributed by atoms with Crippen LogP contribution in [0.4, 0.5) is 0 Å². The van der Waals surface area contributed by atoms with Gasteiger partial charge in [0.2, 0.25) is 0 Å². The summed E-state index contributed by atoms with van der Waals surface area (Å²) in [6, 6.07) is 7.70. The SMILES string of the molecule is CCCCCCC(=O)/C=C/c1ccccc1OC. The fourth-order valence-electron chi connectivity index (χ4n) is 1.80. The molecule has 0 aliphatic carbocycles. The summed E-state index contributed by atoms with van der Waals surface area (Å²) in [7, 11) is 1.64. The summed E-state index contributed by atoms with van der Waals surface area (Å²) < 4.78 is 5.23. The van der Waals surface area contributed by atoms with Crippen LogP contribution in [-0.2, 0) is 4.79 Å². The Morgan fingerprint density at radius 2 is 2.00 bits per heavy atom. The molecule has 2 nitrogen and oxygen atoms in total. The van der Waals surface area contributed by atoms with Gasteiger partial charge in [0.05, 0.1) is 7.11 Å². The molecule has 98 valence electrons. The van der Waals surface area contributed by atoms with Crippen LogP contribution in [0.3, 0.4) is 0 Å². The molecule has 1 rings (SSSR count).